The average Bonchev–Trinajstić information content (AvgIpc) is 2.93. The Balaban J connectivity index is 1.67. The maximum Gasteiger partial charge on any atom is 0.264 e. The lowest BCUT2D eigenvalue weighted by Gasteiger charge is -2.07. The Kier molecular flexibility index (Phi) is 4.94. The average molecular weight is 381 g/mol. The van der Waals surface area contributed by atoms with Gasteiger partial charge in [-0.2, -0.15) is 0 Å². The van der Waals surface area contributed by atoms with Crippen molar-refractivity contribution in [2.45, 2.75) is 13.8 Å². The van der Waals surface area contributed by atoms with E-state index in [0.717, 1.165) is 15.8 Å². The van der Waals surface area contributed by atoms with Crippen LogP contribution in [-0.4, -0.2) is 17.5 Å². The molecule has 3 rings (SSSR count). The summed E-state index contributed by atoms with van der Waals surface area (Å²) in [6.45, 7) is 3.90. The van der Waals surface area contributed by atoms with Gasteiger partial charge in [-0.15, -0.1) is 0 Å². The summed E-state index contributed by atoms with van der Waals surface area (Å²) in [5.41, 5.74) is 3.21. The molecule has 0 aliphatic rings. The number of amides is 1. The van der Waals surface area contributed by atoms with Crippen molar-refractivity contribution in [1.29, 1.82) is 0 Å². The van der Waals surface area contributed by atoms with E-state index >= 15 is 0 Å². The summed E-state index contributed by atoms with van der Waals surface area (Å²) in [6, 6.07) is 8.90. The van der Waals surface area contributed by atoms with Crippen LogP contribution in [0.1, 0.15) is 11.1 Å². The number of carbonyl (C=O) groups is 1. The molecule has 0 aliphatic heterocycles. The molecule has 0 spiro atoms. The third-order valence-electron chi connectivity index (χ3n) is 3.58. The lowest BCUT2D eigenvalue weighted by molar-refractivity contribution is -0.118. The van der Waals surface area contributed by atoms with Crippen LogP contribution in [0.5, 0.6) is 5.75 Å². The quantitative estimate of drug-likeness (QED) is 0.673. The molecule has 3 aromatic rings. The number of rotatable bonds is 4. The van der Waals surface area contributed by atoms with E-state index in [0.29, 0.717) is 20.9 Å². The largest absolute Gasteiger partial charge is 0.482 e. The van der Waals surface area contributed by atoms with Gasteiger partial charge < -0.3 is 4.74 Å². The van der Waals surface area contributed by atoms with Crippen molar-refractivity contribution in [3.05, 3.63) is 51.5 Å². The number of hydrogen-bond donors (Lipinski definition) is 1. The van der Waals surface area contributed by atoms with Gasteiger partial charge in [0.15, 0.2) is 11.7 Å². The lowest BCUT2D eigenvalue weighted by atomic mass is 10.1. The summed E-state index contributed by atoms with van der Waals surface area (Å²) in [4.78, 5) is 16.5. The first-order valence-corrected chi connectivity index (χ1v) is 8.76. The summed E-state index contributed by atoms with van der Waals surface area (Å²) in [6.07, 6.45) is 0. The highest BCUT2D eigenvalue weighted by Crippen LogP contribution is 2.30. The van der Waals surface area contributed by atoms with E-state index in [2.05, 4.69) is 10.3 Å². The van der Waals surface area contributed by atoms with Crippen LogP contribution >= 0.6 is 34.5 Å². The fourth-order valence-electron chi connectivity index (χ4n) is 2.17. The van der Waals surface area contributed by atoms with Gasteiger partial charge in [-0.1, -0.05) is 40.6 Å². The smallest absolute Gasteiger partial charge is 0.264 e. The van der Waals surface area contributed by atoms with Crippen molar-refractivity contribution in [3.8, 4) is 5.75 Å². The van der Waals surface area contributed by atoms with E-state index in [4.69, 9.17) is 27.9 Å². The number of thiazole rings is 1. The molecule has 0 fully saturated rings. The summed E-state index contributed by atoms with van der Waals surface area (Å²) < 4.78 is 6.45. The number of halogens is 2. The van der Waals surface area contributed by atoms with E-state index in [-0.39, 0.29) is 12.5 Å². The number of aryl methyl sites for hydroxylation is 2. The number of fused-ring (bicyclic) bond motifs is 1. The molecule has 0 saturated carbocycles. The van der Waals surface area contributed by atoms with Gasteiger partial charge in [0.1, 0.15) is 5.75 Å². The SMILES string of the molecule is Cc1ccc2sc(NC(=O)COc3ccc(Cl)cc3Cl)nc2c1C. The van der Waals surface area contributed by atoms with Gasteiger partial charge in [0.25, 0.3) is 5.91 Å². The molecule has 7 heteroatoms. The second-order valence-electron chi connectivity index (χ2n) is 5.28. The van der Waals surface area contributed by atoms with E-state index in [9.17, 15) is 4.79 Å². The number of carbonyl (C=O) groups excluding carboxylic acids is 1. The van der Waals surface area contributed by atoms with Crippen LogP contribution in [0.3, 0.4) is 0 Å². The highest BCUT2D eigenvalue weighted by molar-refractivity contribution is 7.22. The first-order valence-electron chi connectivity index (χ1n) is 7.18. The molecule has 24 heavy (non-hydrogen) atoms. The summed E-state index contributed by atoms with van der Waals surface area (Å²) >= 11 is 13.3. The minimum absolute atomic E-state index is 0.157. The van der Waals surface area contributed by atoms with Crippen molar-refractivity contribution < 1.29 is 9.53 Å². The van der Waals surface area contributed by atoms with Gasteiger partial charge in [-0.25, -0.2) is 4.98 Å². The molecule has 4 nitrogen and oxygen atoms in total. The molecule has 124 valence electrons. The number of aromatic nitrogens is 1. The zero-order chi connectivity index (χ0) is 17.3. The molecular formula is C17H14Cl2N2O2S. The van der Waals surface area contributed by atoms with Crippen molar-refractivity contribution in [1.82, 2.24) is 4.98 Å². The zero-order valence-electron chi connectivity index (χ0n) is 13.0. The Morgan fingerprint density at radius 2 is 2.04 bits per heavy atom. The Morgan fingerprint density at radius 3 is 2.79 bits per heavy atom. The maximum atomic E-state index is 12.1. The van der Waals surface area contributed by atoms with E-state index < -0.39 is 0 Å². The number of hydrogen-bond acceptors (Lipinski definition) is 4. The van der Waals surface area contributed by atoms with E-state index in [1.165, 1.54) is 16.9 Å². The van der Waals surface area contributed by atoms with Gasteiger partial charge in [0.2, 0.25) is 0 Å². The topological polar surface area (TPSA) is 51.2 Å². The summed E-state index contributed by atoms with van der Waals surface area (Å²) in [5, 5.41) is 4.18. The van der Waals surface area contributed by atoms with Gasteiger partial charge in [-0.3, -0.25) is 10.1 Å². The molecular weight excluding hydrogens is 367 g/mol. The van der Waals surface area contributed by atoms with Crippen LogP contribution in [0.4, 0.5) is 5.13 Å². The van der Waals surface area contributed by atoms with Crippen molar-refractivity contribution in [2.75, 3.05) is 11.9 Å². The molecule has 0 radical (unpaired) electrons. The number of benzene rings is 2. The monoisotopic (exact) mass is 380 g/mol. The van der Waals surface area contributed by atoms with E-state index in [1.807, 2.05) is 26.0 Å². The van der Waals surface area contributed by atoms with Crippen LogP contribution in [-0.2, 0) is 4.79 Å². The third kappa shape index (κ3) is 3.64. The molecule has 1 heterocycles. The van der Waals surface area contributed by atoms with Crippen LogP contribution in [0, 0.1) is 13.8 Å². The van der Waals surface area contributed by atoms with Crippen LogP contribution in [0.15, 0.2) is 30.3 Å². The molecule has 1 amide bonds. The molecule has 0 bridgehead atoms. The Bertz CT molecular complexity index is 924. The highest BCUT2D eigenvalue weighted by Gasteiger charge is 2.11. The van der Waals surface area contributed by atoms with Gasteiger partial charge in [0.05, 0.1) is 15.2 Å². The van der Waals surface area contributed by atoms with Gasteiger partial charge in [-0.05, 0) is 49.2 Å². The van der Waals surface area contributed by atoms with Crippen molar-refractivity contribution in [2.24, 2.45) is 0 Å². The minimum atomic E-state index is -0.297. The molecule has 0 aliphatic carbocycles. The minimum Gasteiger partial charge on any atom is -0.482 e. The molecule has 0 atom stereocenters. The maximum absolute atomic E-state index is 12.1. The fourth-order valence-corrected chi connectivity index (χ4v) is 3.58. The predicted molar refractivity (Wildman–Crippen MR) is 99.7 cm³/mol. The fraction of sp³-hybridized carbons (Fsp3) is 0.176. The number of anilines is 1. The van der Waals surface area contributed by atoms with Crippen LogP contribution in [0.25, 0.3) is 10.2 Å². The molecule has 1 N–H and O–H groups in total. The Labute approximate surface area is 153 Å². The lowest BCUT2D eigenvalue weighted by Crippen LogP contribution is -2.20. The Morgan fingerprint density at radius 1 is 1.25 bits per heavy atom. The first kappa shape index (κ1) is 17.0. The van der Waals surface area contributed by atoms with Crippen LogP contribution < -0.4 is 10.1 Å². The van der Waals surface area contributed by atoms with Crippen molar-refractivity contribution >= 4 is 55.8 Å². The normalized spacial score (nSPS) is 10.8. The molecule has 0 unspecified atom stereocenters. The second kappa shape index (κ2) is 6.97. The van der Waals surface area contributed by atoms with E-state index in [1.54, 1.807) is 18.2 Å². The van der Waals surface area contributed by atoms with Crippen molar-refractivity contribution in [3.63, 3.8) is 0 Å². The highest BCUT2D eigenvalue weighted by atomic mass is 35.5. The zero-order valence-corrected chi connectivity index (χ0v) is 15.4. The Hall–Kier alpha value is -1.82. The number of nitrogens with one attached hydrogen (secondary N) is 1. The molecule has 0 saturated heterocycles. The first-order chi connectivity index (χ1) is 11.4. The van der Waals surface area contributed by atoms with Gasteiger partial charge >= 0.3 is 0 Å². The standard InChI is InChI=1S/C17H14Cl2N2O2S/c1-9-3-6-14-16(10(9)2)21-17(24-14)20-15(22)8-23-13-5-4-11(18)7-12(13)19/h3-7H,8H2,1-2H3,(H,20,21,22). The van der Waals surface area contributed by atoms with Crippen LogP contribution in [0.2, 0.25) is 10.0 Å². The molecule has 2 aromatic carbocycles. The number of ether oxygens (including phenoxy) is 1. The molecule has 1 aromatic heterocycles. The third-order valence-corrected chi connectivity index (χ3v) is 5.05. The summed E-state index contributed by atoms with van der Waals surface area (Å²) in [7, 11) is 0. The second-order valence-corrected chi connectivity index (χ2v) is 7.16. The predicted octanol–water partition coefficient (Wildman–Crippen LogP) is 5.24. The number of nitrogens with zero attached hydrogens (tertiary/aromatic N) is 1. The summed E-state index contributed by atoms with van der Waals surface area (Å²) in [5.74, 6) is 0.112. The van der Waals surface area contributed by atoms with Gasteiger partial charge in [0, 0.05) is 5.02 Å².